The Morgan fingerprint density at radius 1 is 1.05 bits per heavy atom. The van der Waals surface area contributed by atoms with Gasteiger partial charge in [0.1, 0.15) is 23.2 Å². The Bertz CT molecular complexity index is 1340. The van der Waals surface area contributed by atoms with Crippen LogP contribution in [0.4, 0.5) is 32.2 Å². The standard InChI is InChI=1S/C18H15N5O.2C2HF3O2/c1-24-11-4-2-10(3-5-11)16-12-6-7-15-14(9-21-23-15)17(12)22-18(20)13(16)8-19;2*3-2(4,5)1(6)7/h2-5,9H,6-7H2,1H3,(H2,20,22)(H,21,23);2*(H,6,7). The second-order valence-electron chi connectivity index (χ2n) is 7.28. The molecule has 202 valence electrons. The van der Waals surface area contributed by atoms with Crippen LogP contribution < -0.4 is 10.5 Å². The summed E-state index contributed by atoms with van der Waals surface area (Å²) in [6, 6.07) is 9.87. The first-order valence-corrected chi connectivity index (χ1v) is 10.1. The summed E-state index contributed by atoms with van der Waals surface area (Å²) in [6.45, 7) is 0. The number of fused-ring (bicyclic) bond motifs is 3. The highest BCUT2D eigenvalue weighted by Gasteiger charge is 2.38. The van der Waals surface area contributed by atoms with Gasteiger partial charge >= 0.3 is 24.3 Å². The molecule has 0 saturated carbocycles. The van der Waals surface area contributed by atoms with Gasteiger partial charge in [-0.1, -0.05) is 12.1 Å². The minimum absolute atomic E-state index is 0.246. The van der Waals surface area contributed by atoms with Crippen LogP contribution in [0.15, 0.2) is 30.5 Å². The molecule has 2 aromatic heterocycles. The summed E-state index contributed by atoms with van der Waals surface area (Å²) < 4.78 is 68.7. The zero-order chi connectivity index (χ0) is 28.8. The van der Waals surface area contributed by atoms with Gasteiger partial charge in [0.2, 0.25) is 0 Å². The Balaban J connectivity index is 0.000000301. The number of methoxy groups -OCH3 is 1. The first-order valence-electron chi connectivity index (χ1n) is 10.1. The fourth-order valence-corrected chi connectivity index (χ4v) is 3.25. The predicted molar refractivity (Wildman–Crippen MR) is 118 cm³/mol. The van der Waals surface area contributed by atoms with Gasteiger partial charge in [-0.05, 0) is 36.1 Å². The van der Waals surface area contributed by atoms with Gasteiger partial charge in [0.25, 0.3) is 0 Å². The summed E-state index contributed by atoms with van der Waals surface area (Å²) in [5, 5.41) is 31.0. The number of H-pyrrole nitrogens is 1. The average Bonchev–Trinajstić information content (AvgIpc) is 3.32. The normalized spacial score (nSPS) is 11.8. The number of benzene rings is 1. The summed E-state index contributed by atoms with van der Waals surface area (Å²) in [5.41, 5.74) is 12.2. The predicted octanol–water partition coefficient (Wildman–Crippen LogP) is 3.97. The highest BCUT2D eigenvalue weighted by molar-refractivity contribution is 5.86. The number of nitrogens with two attached hydrogens (primary N) is 1. The Morgan fingerprint density at radius 2 is 1.58 bits per heavy atom. The maximum Gasteiger partial charge on any atom is 0.490 e. The van der Waals surface area contributed by atoms with Crippen molar-refractivity contribution in [3.05, 3.63) is 47.3 Å². The highest BCUT2D eigenvalue weighted by atomic mass is 19.4. The van der Waals surface area contributed by atoms with Crippen LogP contribution in [0.5, 0.6) is 5.75 Å². The van der Waals surface area contributed by atoms with E-state index in [1.807, 2.05) is 24.3 Å². The lowest BCUT2D eigenvalue weighted by Gasteiger charge is -2.21. The van der Waals surface area contributed by atoms with Gasteiger partial charge in [0.15, 0.2) is 0 Å². The number of carbonyl (C=O) groups is 2. The van der Waals surface area contributed by atoms with Gasteiger partial charge < -0.3 is 20.7 Å². The van der Waals surface area contributed by atoms with E-state index in [1.54, 1.807) is 13.3 Å². The van der Waals surface area contributed by atoms with E-state index in [0.717, 1.165) is 52.2 Å². The number of aliphatic carboxylic acids is 2. The number of nitrogens with zero attached hydrogens (tertiary/aromatic N) is 3. The molecule has 2 heterocycles. The highest BCUT2D eigenvalue weighted by Crippen LogP contribution is 2.40. The van der Waals surface area contributed by atoms with Crippen molar-refractivity contribution in [3.8, 4) is 34.2 Å². The molecule has 0 fully saturated rings. The number of hydrogen-bond donors (Lipinski definition) is 4. The van der Waals surface area contributed by atoms with Crippen LogP contribution in [0.2, 0.25) is 0 Å². The van der Waals surface area contributed by atoms with Crippen molar-refractivity contribution in [2.24, 2.45) is 0 Å². The smallest absolute Gasteiger partial charge is 0.490 e. The minimum Gasteiger partial charge on any atom is -0.497 e. The molecule has 4 rings (SSSR count). The first-order chi connectivity index (χ1) is 17.6. The third kappa shape index (κ3) is 6.90. The van der Waals surface area contributed by atoms with Crippen molar-refractivity contribution in [3.63, 3.8) is 0 Å². The molecule has 16 heteroatoms. The molecule has 0 saturated heterocycles. The molecule has 10 nitrogen and oxygen atoms in total. The lowest BCUT2D eigenvalue weighted by molar-refractivity contribution is -0.193. The van der Waals surface area contributed by atoms with Gasteiger partial charge in [0.05, 0.1) is 19.0 Å². The fourth-order valence-electron chi connectivity index (χ4n) is 3.25. The van der Waals surface area contributed by atoms with Gasteiger partial charge in [-0.2, -0.15) is 36.7 Å². The molecular formula is C22H17F6N5O5. The Kier molecular flexibility index (Phi) is 8.90. The molecule has 1 aliphatic carbocycles. The van der Waals surface area contributed by atoms with Crippen LogP contribution in [-0.2, 0) is 22.4 Å². The number of nitrogen functional groups attached to an aromatic ring is 1. The van der Waals surface area contributed by atoms with E-state index in [1.165, 1.54) is 0 Å². The van der Waals surface area contributed by atoms with E-state index in [2.05, 4.69) is 21.3 Å². The number of nitrogens with one attached hydrogen (secondary N) is 1. The Labute approximate surface area is 209 Å². The number of rotatable bonds is 2. The molecule has 0 aliphatic heterocycles. The van der Waals surface area contributed by atoms with Crippen molar-refractivity contribution in [1.29, 1.82) is 5.26 Å². The van der Waals surface area contributed by atoms with Gasteiger partial charge in [-0.25, -0.2) is 14.6 Å². The first kappa shape index (κ1) is 29.4. The number of aromatic nitrogens is 3. The van der Waals surface area contributed by atoms with Gasteiger partial charge in [-0.15, -0.1) is 0 Å². The molecule has 1 aromatic carbocycles. The SMILES string of the molecule is COc1ccc(-c2c(C#N)c(N)nc3c2CCc2[nH]ncc2-3)cc1.O=C(O)C(F)(F)F.O=C(O)C(F)(F)F. The number of pyridine rings is 1. The maximum absolute atomic E-state index is 10.6. The number of ether oxygens (including phenoxy) is 1. The maximum atomic E-state index is 10.6. The number of alkyl halides is 6. The Morgan fingerprint density at radius 3 is 2.03 bits per heavy atom. The summed E-state index contributed by atoms with van der Waals surface area (Å²) in [7, 11) is 1.63. The summed E-state index contributed by atoms with van der Waals surface area (Å²) in [4.78, 5) is 22.3. The van der Waals surface area contributed by atoms with Gasteiger partial charge in [-0.3, -0.25) is 5.10 Å². The lowest BCUT2D eigenvalue weighted by Crippen LogP contribution is -2.21. The number of nitriles is 1. The van der Waals surface area contributed by atoms with Crippen LogP contribution >= 0.6 is 0 Å². The summed E-state index contributed by atoms with van der Waals surface area (Å²) in [5.74, 6) is -4.50. The second-order valence-corrected chi connectivity index (χ2v) is 7.28. The van der Waals surface area contributed by atoms with Crippen molar-refractivity contribution in [2.75, 3.05) is 12.8 Å². The number of aromatic amines is 1. The molecule has 0 radical (unpaired) electrons. The third-order valence-electron chi connectivity index (χ3n) is 4.90. The third-order valence-corrected chi connectivity index (χ3v) is 4.90. The van der Waals surface area contributed by atoms with Crippen LogP contribution in [-0.4, -0.2) is 56.8 Å². The fraction of sp³-hybridized carbons (Fsp3) is 0.227. The lowest BCUT2D eigenvalue weighted by atomic mass is 9.86. The largest absolute Gasteiger partial charge is 0.497 e. The van der Waals surface area contributed by atoms with E-state index >= 15 is 0 Å². The van der Waals surface area contributed by atoms with E-state index in [4.69, 9.17) is 30.3 Å². The number of carboxylic acids is 2. The molecule has 38 heavy (non-hydrogen) atoms. The number of aryl methyl sites for hydroxylation is 1. The van der Waals surface area contributed by atoms with Crippen LogP contribution in [0, 0.1) is 11.3 Å². The van der Waals surface area contributed by atoms with Crippen molar-refractivity contribution in [1.82, 2.24) is 15.2 Å². The monoisotopic (exact) mass is 545 g/mol. The number of anilines is 1. The van der Waals surface area contributed by atoms with E-state index in [9.17, 15) is 31.6 Å². The van der Waals surface area contributed by atoms with Crippen molar-refractivity contribution < 1.29 is 50.9 Å². The molecule has 0 atom stereocenters. The molecular weight excluding hydrogens is 528 g/mol. The van der Waals surface area contributed by atoms with E-state index < -0.39 is 24.3 Å². The van der Waals surface area contributed by atoms with Crippen LogP contribution in [0.25, 0.3) is 22.4 Å². The molecule has 0 amide bonds. The molecule has 1 aliphatic rings. The second kappa shape index (κ2) is 11.5. The molecule has 0 spiro atoms. The minimum atomic E-state index is -5.08. The average molecular weight is 545 g/mol. The number of carboxylic acid groups (broad SMARTS) is 2. The van der Waals surface area contributed by atoms with E-state index in [-0.39, 0.29) is 5.82 Å². The quantitative estimate of drug-likeness (QED) is 0.347. The molecule has 0 bridgehead atoms. The Hall–Kier alpha value is -4.81. The molecule has 3 aromatic rings. The zero-order valence-electron chi connectivity index (χ0n) is 19.1. The van der Waals surface area contributed by atoms with E-state index in [0.29, 0.717) is 5.56 Å². The molecule has 0 unspecified atom stereocenters. The van der Waals surface area contributed by atoms with Crippen LogP contribution in [0.3, 0.4) is 0 Å². The number of halogens is 6. The topological polar surface area (TPSA) is 175 Å². The summed E-state index contributed by atoms with van der Waals surface area (Å²) >= 11 is 0. The van der Waals surface area contributed by atoms with Crippen molar-refractivity contribution in [2.45, 2.75) is 25.2 Å². The number of hydrogen-bond acceptors (Lipinski definition) is 7. The zero-order valence-corrected chi connectivity index (χ0v) is 19.1. The van der Waals surface area contributed by atoms with Gasteiger partial charge in [0, 0.05) is 16.8 Å². The molecule has 5 N–H and O–H groups in total. The van der Waals surface area contributed by atoms with Crippen molar-refractivity contribution >= 4 is 17.8 Å². The van der Waals surface area contributed by atoms with Crippen LogP contribution in [0.1, 0.15) is 16.8 Å². The summed E-state index contributed by atoms with van der Waals surface area (Å²) in [6.07, 6.45) is -6.78.